The molecule has 2 unspecified atom stereocenters. The third kappa shape index (κ3) is 18.6. The summed E-state index contributed by atoms with van der Waals surface area (Å²) in [6, 6.07) is 0. The van der Waals surface area contributed by atoms with E-state index in [-0.39, 0.29) is 19.1 Å². The van der Waals surface area contributed by atoms with Crippen LogP contribution in [0.5, 0.6) is 0 Å². The van der Waals surface area contributed by atoms with E-state index in [2.05, 4.69) is 21.3 Å². The van der Waals surface area contributed by atoms with Crippen molar-refractivity contribution in [3.8, 4) is 0 Å². The molecular formula is C18H38NO7P. The van der Waals surface area contributed by atoms with E-state index in [9.17, 15) is 14.3 Å². The number of hydrogen-bond acceptors (Lipinski definition) is 6. The SMILES string of the molecule is CCCCCCCCCCCCC(=O)NCCOP(=O)(O)OCC(O)CO. The summed E-state index contributed by atoms with van der Waals surface area (Å²) >= 11 is 0. The summed E-state index contributed by atoms with van der Waals surface area (Å²) in [6.45, 7) is 1.07. The van der Waals surface area contributed by atoms with Gasteiger partial charge in [0.25, 0.3) is 0 Å². The van der Waals surface area contributed by atoms with Crippen LogP contribution in [-0.2, 0) is 18.4 Å². The number of unbranched alkanes of at least 4 members (excludes halogenated alkanes) is 9. The summed E-state index contributed by atoms with van der Waals surface area (Å²) in [5, 5.41) is 20.2. The summed E-state index contributed by atoms with van der Waals surface area (Å²) in [4.78, 5) is 21.0. The second-order valence-corrected chi connectivity index (χ2v) is 8.17. The van der Waals surface area contributed by atoms with Crippen molar-refractivity contribution in [3.05, 3.63) is 0 Å². The first kappa shape index (κ1) is 26.5. The molecule has 0 aliphatic carbocycles. The minimum atomic E-state index is -4.29. The van der Waals surface area contributed by atoms with Gasteiger partial charge in [-0.1, -0.05) is 64.7 Å². The molecule has 1 amide bonds. The molecule has 8 nitrogen and oxygen atoms in total. The fourth-order valence-electron chi connectivity index (χ4n) is 2.48. The largest absolute Gasteiger partial charge is 0.472 e. The number of carbonyl (C=O) groups excluding carboxylic acids is 1. The normalized spacial score (nSPS) is 14.7. The highest BCUT2D eigenvalue weighted by Gasteiger charge is 2.22. The number of carbonyl (C=O) groups is 1. The van der Waals surface area contributed by atoms with Crippen molar-refractivity contribution in [2.24, 2.45) is 0 Å². The number of phosphoric acid groups is 1. The minimum Gasteiger partial charge on any atom is -0.394 e. The van der Waals surface area contributed by atoms with Gasteiger partial charge in [0.2, 0.25) is 5.91 Å². The van der Waals surface area contributed by atoms with E-state index in [4.69, 9.17) is 10.2 Å². The maximum Gasteiger partial charge on any atom is 0.472 e. The molecule has 0 spiro atoms. The molecule has 2 atom stereocenters. The molecule has 0 aliphatic rings. The second kappa shape index (κ2) is 17.6. The molecule has 0 bridgehead atoms. The molecule has 0 saturated heterocycles. The Balaban J connectivity index is 3.47. The first-order valence-corrected chi connectivity index (χ1v) is 11.6. The lowest BCUT2D eigenvalue weighted by Gasteiger charge is -2.14. The summed E-state index contributed by atoms with van der Waals surface area (Å²) < 4.78 is 20.6. The van der Waals surface area contributed by atoms with Gasteiger partial charge in [-0.05, 0) is 6.42 Å². The Bertz CT molecular complexity index is 409. The van der Waals surface area contributed by atoms with E-state index in [1.807, 2.05) is 0 Å². The lowest BCUT2D eigenvalue weighted by atomic mass is 10.1. The molecule has 162 valence electrons. The molecular weight excluding hydrogens is 373 g/mol. The lowest BCUT2D eigenvalue weighted by molar-refractivity contribution is -0.121. The molecule has 27 heavy (non-hydrogen) atoms. The quantitative estimate of drug-likeness (QED) is 0.190. The molecule has 0 saturated carbocycles. The molecule has 0 aromatic carbocycles. The molecule has 0 aliphatic heterocycles. The Morgan fingerprint density at radius 3 is 2.11 bits per heavy atom. The monoisotopic (exact) mass is 411 g/mol. The first-order valence-electron chi connectivity index (χ1n) is 10.1. The average molecular weight is 411 g/mol. The second-order valence-electron chi connectivity index (χ2n) is 6.72. The van der Waals surface area contributed by atoms with E-state index >= 15 is 0 Å². The topological polar surface area (TPSA) is 125 Å². The van der Waals surface area contributed by atoms with Gasteiger partial charge in [0.05, 0.1) is 19.8 Å². The van der Waals surface area contributed by atoms with Crippen LogP contribution in [0.2, 0.25) is 0 Å². The van der Waals surface area contributed by atoms with Crippen molar-refractivity contribution < 1.29 is 33.5 Å². The first-order chi connectivity index (χ1) is 12.9. The number of phosphoric ester groups is 1. The molecule has 9 heteroatoms. The summed E-state index contributed by atoms with van der Waals surface area (Å²) in [6.07, 6.45) is 11.3. The van der Waals surface area contributed by atoms with Crippen LogP contribution in [0.25, 0.3) is 0 Å². The van der Waals surface area contributed by atoms with Crippen molar-refractivity contribution in [2.45, 2.75) is 83.7 Å². The van der Waals surface area contributed by atoms with E-state index in [1.165, 1.54) is 44.9 Å². The number of hydrogen-bond donors (Lipinski definition) is 4. The summed E-state index contributed by atoms with van der Waals surface area (Å²) in [5.41, 5.74) is 0. The number of rotatable bonds is 19. The Labute approximate surface area is 163 Å². The van der Waals surface area contributed by atoms with Gasteiger partial charge in [0, 0.05) is 13.0 Å². The predicted octanol–water partition coefficient (Wildman–Crippen LogP) is 2.90. The van der Waals surface area contributed by atoms with Crippen molar-refractivity contribution in [1.82, 2.24) is 5.32 Å². The third-order valence-corrected chi connectivity index (χ3v) is 5.06. The average Bonchev–Trinajstić information content (AvgIpc) is 2.65. The molecule has 0 aromatic rings. The van der Waals surface area contributed by atoms with E-state index in [1.54, 1.807) is 0 Å². The lowest BCUT2D eigenvalue weighted by Crippen LogP contribution is -2.27. The number of nitrogens with one attached hydrogen (secondary N) is 1. The molecule has 0 fully saturated rings. The maximum absolute atomic E-state index is 11.7. The smallest absolute Gasteiger partial charge is 0.394 e. The van der Waals surface area contributed by atoms with Crippen molar-refractivity contribution in [2.75, 3.05) is 26.4 Å². The van der Waals surface area contributed by atoms with Crippen LogP contribution in [-0.4, -0.2) is 53.5 Å². The van der Waals surface area contributed by atoms with Gasteiger partial charge >= 0.3 is 7.82 Å². The highest BCUT2D eigenvalue weighted by molar-refractivity contribution is 7.47. The Morgan fingerprint density at radius 2 is 1.56 bits per heavy atom. The zero-order valence-electron chi connectivity index (χ0n) is 16.6. The van der Waals surface area contributed by atoms with Crippen LogP contribution < -0.4 is 5.32 Å². The third-order valence-electron chi connectivity index (χ3n) is 4.08. The van der Waals surface area contributed by atoms with Gasteiger partial charge in [-0.3, -0.25) is 13.8 Å². The van der Waals surface area contributed by atoms with Crippen LogP contribution in [0, 0.1) is 0 Å². The molecule has 0 radical (unpaired) electrons. The van der Waals surface area contributed by atoms with Gasteiger partial charge < -0.3 is 20.4 Å². The van der Waals surface area contributed by atoms with Crippen LogP contribution in [0.4, 0.5) is 0 Å². The number of aliphatic hydroxyl groups is 2. The molecule has 0 rings (SSSR count). The summed E-state index contributed by atoms with van der Waals surface area (Å²) in [5.74, 6) is -0.109. The number of aliphatic hydroxyl groups excluding tert-OH is 2. The fourth-order valence-corrected chi connectivity index (χ4v) is 3.24. The Morgan fingerprint density at radius 1 is 1.00 bits per heavy atom. The fraction of sp³-hybridized carbons (Fsp3) is 0.944. The van der Waals surface area contributed by atoms with E-state index in [0.717, 1.165) is 19.3 Å². The molecule has 4 N–H and O–H groups in total. The minimum absolute atomic E-state index is 0.104. The Kier molecular flexibility index (Phi) is 17.3. The molecule has 0 aromatic heterocycles. The van der Waals surface area contributed by atoms with Gasteiger partial charge in [0.15, 0.2) is 0 Å². The maximum atomic E-state index is 11.7. The van der Waals surface area contributed by atoms with Crippen molar-refractivity contribution in [1.29, 1.82) is 0 Å². The van der Waals surface area contributed by atoms with Crippen LogP contribution in [0.1, 0.15) is 77.6 Å². The van der Waals surface area contributed by atoms with E-state index in [0.29, 0.717) is 6.42 Å². The van der Waals surface area contributed by atoms with Gasteiger partial charge in [-0.25, -0.2) is 4.57 Å². The Hall–Kier alpha value is -0.500. The summed E-state index contributed by atoms with van der Waals surface area (Å²) in [7, 11) is -4.29. The van der Waals surface area contributed by atoms with Gasteiger partial charge in [-0.2, -0.15) is 0 Å². The zero-order chi connectivity index (χ0) is 20.4. The molecule has 0 heterocycles. The van der Waals surface area contributed by atoms with Gasteiger partial charge in [0.1, 0.15) is 6.10 Å². The highest BCUT2D eigenvalue weighted by Crippen LogP contribution is 2.42. The van der Waals surface area contributed by atoms with Crippen LogP contribution >= 0.6 is 7.82 Å². The zero-order valence-corrected chi connectivity index (χ0v) is 17.5. The predicted molar refractivity (Wildman–Crippen MR) is 104 cm³/mol. The number of amides is 1. The van der Waals surface area contributed by atoms with E-state index < -0.39 is 27.1 Å². The van der Waals surface area contributed by atoms with Crippen LogP contribution in [0.3, 0.4) is 0 Å². The van der Waals surface area contributed by atoms with Crippen LogP contribution in [0.15, 0.2) is 0 Å². The van der Waals surface area contributed by atoms with Gasteiger partial charge in [-0.15, -0.1) is 0 Å². The standard InChI is InChI=1S/C18H38NO7P/c1-2-3-4-5-6-7-8-9-10-11-12-18(22)19-13-14-25-27(23,24)26-16-17(21)15-20/h17,20-21H,2-16H2,1H3,(H,19,22)(H,23,24). The van der Waals surface area contributed by atoms with Crippen molar-refractivity contribution >= 4 is 13.7 Å². The van der Waals surface area contributed by atoms with Crippen molar-refractivity contribution in [3.63, 3.8) is 0 Å². The highest BCUT2D eigenvalue weighted by atomic mass is 31.2.